The molecule has 3 heteroatoms. The summed E-state index contributed by atoms with van der Waals surface area (Å²) in [6.07, 6.45) is 0.870. The van der Waals surface area contributed by atoms with E-state index in [1.54, 1.807) is 11.3 Å². The van der Waals surface area contributed by atoms with E-state index in [-0.39, 0.29) is 0 Å². The highest BCUT2D eigenvalue weighted by Gasteiger charge is 2.10. The predicted octanol–water partition coefficient (Wildman–Crippen LogP) is 4.18. The van der Waals surface area contributed by atoms with Crippen molar-refractivity contribution in [3.63, 3.8) is 0 Å². The maximum atomic E-state index is 6.32. The summed E-state index contributed by atoms with van der Waals surface area (Å²) in [6.45, 7) is 5.07. The zero-order valence-electron chi connectivity index (χ0n) is 9.59. The quantitative estimate of drug-likeness (QED) is 0.873. The summed E-state index contributed by atoms with van der Waals surface area (Å²) < 4.78 is 1.28. The fourth-order valence-electron chi connectivity index (χ4n) is 1.78. The Bertz CT molecular complexity index is 502. The maximum absolute atomic E-state index is 6.32. The van der Waals surface area contributed by atoms with Gasteiger partial charge in [0.05, 0.1) is 5.02 Å². The fourth-order valence-corrected chi connectivity index (χ4v) is 3.37. The van der Waals surface area contributed by atoms with E-state index in [1.807, 2.05) is 0 Å². The smallest absolute Gasteiger partial charge is 0.0624 e. The molecule has 1 heterocycles. The Labute approximate surface area is 105 Å². The Balaban J connectivity index is 2.53. The molecule has 16 heavy (non-hydrogen) atoms. The highest BCUT2D eigenvalue weighted by Crippen LogP contribution is 2.36. The standard InChI is InChI=1S/C13H16ClNS/c1-8(2)9-3-4-10-12(7-9)16-11(5-6-15)13(10)14/h3-4,7-8H,5-6,15H2,1-2H3. The lowest BCUT2D eigenvalue weighted by Crippen LogP contribution is -2.01. The number of benzene rings is 1. The molecule has 2 rings (SSSR count). The van der Waals surface area contributed by atoms with Crippen LogP contribution in [0.4, 0.5) is 0 Å². The lowest BCUT2D eigenvalue weighted by molar-refractivity contribution is 0.869. The van der Waals surface area contributed by atoms with Crippen LogP contribution in [0.15, 0.2) is 18.2 Å². The van der Waals surface area contributed by atoms with Crippen LogP contribution in [0.3, 0.4) is 0 Å². The van der Waals surface area contributed by atoms with E-state index in [4.69, 9.17) is 17.3 Å². The fraction of sp³-hybridized carbons (Fsp3) is 0.385. The maximum Gasteiger partial charge on any atom is 0.0624 e. The van der Waals surface area contributed by atoms with Crippen molar-refractivity contribution in [1.29, 1.82) is 0 Å². The van der Waals surface area contributed by atoms with Gasteiger partial charge < -0.3 is 5.73 Å². The number of halogens is 1. The molecule has 0 spiro atoms. The Hall–Kier alpha value is -0.570. The number of nitrogens with two attached hydrogens (primary N) is 1. The largest absolute Gasteiger partial charge is 0.330 e. The Morgan fingerprint density at radius 2 is 2.12 bits per heavy atom. The van der Waals surface area contributed by atoms with Gasteiger partial charge in [-0.3, -0.25) is 0 Å². The van der Waals surface area contributed by atoms with Crippen LogP contribution >= 0.6 is 22.9 Å². The van der Waals surface area contributed by atoms with Crippen molar-refractivity contribution < 1.29 is 0 Å². The summed E-state index contributed by atoms with van der Waals surface area (Å²) in [5.74, 6) is 0.559. The molecule has 0 atom stereocenters. The molecule has 0 aliphatic carbocycles. The molecular formula is C13H16ClNS. The minimum absolute atomic E-state index is 0.559. The molecule has 1 aromatic carbocycles. The molecule has 0 radical (unpaired) electrons. The van der Waals surface area contributed by atoms with Gasteiger partial charge in [0.2, 0.25) is 0 Å². The summed E-state index contributed by atoms with van der Waals surface area (Å²) in [5.41, 5.74) is 6.94. The van der Waals surface area contributed by atoms with Crippen LogP contribution in [0.2, 0.25) is 5.02 Å². The van der Waals surface area contributed by atoms with E-state index in [2.05, 4.69) is 32.0 Å². The van der Waals surface area contributed by atoms with Crippen molar-refractivity contribution in [3.05, 3.63) is 33.7 Å². The van der Waals surface area contributed by atoms with Crippen molar-refractivity contribution >= 4 is 33.0 Å². The van der Waals surface area contributed by atoms with Gasteiger partial charge in [-0.05, 0) is 30.5 Å². The molecule has 0 aliphatic rings. The summed E-state index contributed by atoms with van der Waals surface area (Å²) in [5, 5.41) is 2.06. The van der Waals surface area contributed by atoms with Crippen LogP contribution in [0.1, 0.15) is 30.2 Å². The molecule has 0 amide bonds. The summed E-state index contributed by atoms with van der Waals surface area (Å²) >= 11 is 8.09. The van der Waals surface area contributed by atoms with Crippen LogP contribution in [0, 0.1) is 0 Å². The zero-order chi connectivity index (χ0) is 11.7. The molecule has 0 saturated carbocycles. The second-order valence-corrected chi connectivity index (χ2v) is 5.80. The van der Waals surface area contributed by atoms with Gasteiger partial charge >= 0.3 is 0 Å². The van der Waals surface area contributed by atoms with Crippen molar-refractivity contribution in [2.75, 3.05) is 6.54 Å². The highest BCUT2D eigenvalue weighted by atomic mass is 35.5. The molecule has 0 saturated heterocycles. The van der Waals surface area contributed by atoms with Gasteiger partial charge in [-0.25, -0.2) is 0 Å². The van der Waals surface area contributed by atoms with Crippen molar-refractivity contribution in [2.45, 2.75) is 26.2 Å². The average molecular weight is 254 g/mol. The minimum atomic E-state index is 0.559. The van der Waals surface area contributed by atoms with Crippen LogP contribution in [0.5, 0.6) is 0 Å². The number of rotatable bonds is 3. The Morgan fingerprint density at radius 1 is 1.38 bits per heavy atom. The topological polar surface area (TPSA) is 26.0 Å². The molecule has 0 unspecified atom stereocenters. The third-order valence-corrected chi connectivity index (χ3v) is 4.51. The van der Waals surface area contributed by atoms with Crippen molar-refractivity contribution in [1.82, 2.24) is 0 Å². The molecule has 0 aliphatic heterocycles. The van der Waals surface area contributed by atoms with Gasteiger partial charge in [-0.2, -0.15) is 0 Å². The highest BCUT2D eigenvalue weighted by molar-refractivity contribution is 7.19. The van der Waals surface area contributed by atoms with Gasteiger partial charge in [0, 0.05) is 15.0 Å². The molecule has 0 fully saturated rings. The van der Waals surface area contributed by atoms with E-state index >= 15 is 0 Å². The van der Waals surface area contributed by atoms with Crippen LogP contribution in [0.25, 0.3) is 10.1 Å². The number of fused-ring (bicyclic) bond motifs is 1. The third kappa shape index (κ3) is 2.10. The Morgan fingerprint density at radius 3 is 2.75 bits per heavy atom. The molecule has 2 aromatic rings. The second kappa shape index (κ2) is 4.74. The van der Waals surface area contributed by atoms with E-state index in [9.17, 15) is 0 Å². The lowest BCUT2D eigenvalue weighted by atomic mass is 10.0. The average Bonchev–Trinajstić information content (AvgIpc) is 2.56. The molecule has 1 aromatic heterocycles. The summed E-state index contributed by atoms with van der Waals surface area (Å²) in [4.78, 5) is 1.21. The first-order chi connectivity index (χ1) is 7.63. The first kappa shape index (κ1) is 11.9. The van der Waals surface area contributed by atoms with Gasteiger partial charge in [0.1, 0.15) is 0 Å². The number of thiophene rings is 1. The van der Waals surface area contributed by atoms with E-state index in [0.717, 1.165) is 11.4 Å². The molecule has 86 valence electrons. The first-order valence-electron chi connectivity index (χ1n) is 5.54. The molecular weight excluding hydrogens is 238 g/mol. The van der Waals surface area contributed by atoms with Crippen LogP contribution in [-0.2, 0) is 6.42 Å². The zero-order valence-corrected chi connectivity index (χ0v) is 11.2. The van der Waals surface area contributed by atoms with Gasteiger partial charge in [-0.1, -0.05) is 37.6 Å². The Kier molecular flexibility index (Phi) is 3.53. The van der Waals surface area contributed by atoms with Crippen LogP contribution in [-0.4, -0.2) is 6.54 Å². The van der Waals surface area contributed by atoms with Gasteiger partial charge in [0.25, 0.3) is 0 Å². The van der Waals surface area contributed by atoms with Gasteiger partial charge in [-0.15, -0.1) is 11.3 Å². The normalized spacial score (nSPS) is 11.6. The second-order valence-electron chi connectivity index (χ2n) is 4.29. The monoisotopic (exact) mass is 253 g/mol. The van der Waals surface area contributed by atoms with Crippen LogP contribution < -0.4 is 5.73 Å². The molecule has 2 N–H and O–H groups in total. The first-order valence-corrected chi connectivity index (χ1v) is 6.73. The number of hydrogen-bond acceptors (Lipinski definition) is 2. The van der Waals surface area contributed by atoms with E-state index in [0.29, 0.717) is 12.5 Å². The predicted molar refractivity (Wildman–Crippen MR) is 73.7 cm³/mol. The molecule has 0 bridgehead atoms. The SMILES string of the molecule is CC(C)c1ccc2c(Cl)c(CCN)sc2c1. The number of hydrogen-bond donors (Lipinski definition) is 1. The summed E-state index contributed by atoms with van der Waals surface area (Å²) in [6, 6.07) is 6.54. The minimum Gasteiger partial charge on any atom is -0.330 e. The van der Waals surface area contributed by atoms with E-state index < -0.39 is 0 Å². The van der Waals surface area contributed by atoms with Crippen molar-refractivity contribution in [2.24, 2.45) is 5.73 Å². The summed E-state index contributed by atoms with van der Waals surface area (Å²) in [7, 11) is 0. The van der Waals surface area contributed by atoms with Gasteiger partial charge in [0.15, 0.2) is 0 Å². The third-order valence-electron chi connectivity index (χ3n) is 2.76. The van der Waals surface area contributed by atoms with E-state index in [1.165, 1.54) is 20.5 Å². The van der Waals surface area contributed by atoms with Crippen molar-refractivity contribution in [3.8, 4) is 0 Å². The molecule has 1 nitrogen and oxygen atoms in total. The lowest BCUT2D eigenvalue weighted by Gasteiger charge is -2.04.